The van der Waals surface area contributed by atoms with Gasteiger partial charge in [-0.15, -0.1) is 0 Å². The lowest BCUT2D eigenvalue weighted by atomic mass is 9.65. The highest BCUT2D eigenvalue weighted by Crippen LogP contribution is 2.62. The van der Waals surface area contributed by atoms with Crippen LogP contribution in [0.3, 0.4) is 0 Å². The molecule has 322 valence electrons. The highest BCUT2D eigenvalue weighted by molar-refractivity contribution is 6.41. The van der Waals surface area contributed by atoms with E-state index in [9.17, 15) is 19.2 Å². The van der Waals surface area contributed by atoms with Crippen molar-refractivity contribution in [1.82, 2.24) is 0 Å². The predicted molar refractivity (Wildman–Crippen MR) is 263 cm³/mol. The van der Waals surface area contributed by atoms with Gasteiger partial charge in [0.15, 0.2) is 23.1 Å². The van der Waals surface area contributed by atoms with Crippen LogP contribution in [0.25, 0.3) is 44.8 Å². The van der Waals surface area contributed by atoms with Gasteiger partial charge < -0.3 is 0 Å². The van der Waals surface area contributed by atoms with E-state index in [0.717, 1.165) is 96.9 Å². The molecule has 14 rings (SSSR count). The minimum atomic E-state index is -0.260. The fourth-order valence-electron chi connectivity index (χ4n) is 14.7. The van der Waals surface area contributed by atoms with Crippen molar-refractivity contribution >= 4 is 56.8 Å². The molecule has 0 atom stereocenters. The van der Waals surface area contributed by atoms with Crippen molar-refractivity contribution in [2.75, 3.05) is 0 Å². The highest BCUT2D eigenvalue weighted by Gasteiger charge is 2.51. The Kier molecular flexibility index (Phi) is 8.08. The van der Waals surface area contributed by atoms with E-state index in [1.54, 1.807) is 0 Å². The number of allylic oxidation sites excluding steroid dienone is 6. The first kappa shape index (κ1) is 38.7. The average Bonchev–Trinajstić information content (AvgIpc) is 4.03. The predicted octanol–water partition coefficient (Wildman–Crippen LogP) is 14.4. The van der Waals surface area contributed by atoms with Gasteiger partial charge in [0.05, 0.1) is 11.1 Å². The molecule has 6 aromatic rings. The summed E-state index contributed by atoms with van der Waals surface area (Å²) in [5.41, 5.74) is 15.1. The molecule has 3 spiro atoms. The van der Waals surface area contributed by atoms with Crippen molar-refractivity contribution in [1.29, 1.82) is 0 Å². The molecule has 4 nitrogen and oxygen atoms in total. The molecule has 0 radical (unpaired) electrons. The Labute approximate surface area is 385 Å². The number of carbonyl (C=O) groups is 4. The van der Waals surface area contributed by atoms with E-state index in [0.29, 0.717) is 33.4 Å². The van der Waals surface area contributed by atoms with E-state index in [1.165, 1.54) is 76.6 Å². The Morgan fingerprint density at radius 3 is 0.985 bits per heavy atom. The average molecular weight is 859 g/mol. The van der Waals surface area contributed by atoms with Crippen molar-refractivity contribution in [2.45, 2.75) is 113 Å². The Balaban J connectivity index is 0.897. The molecule has 0 heterocycles. The SMILES string of the molecule is O=C1C(=CC2=Cc3cc4c(cc3C23CCCCC3)-c2cc3c(cc2C42CCCCC2)C=C(C=C2C(=O)c4cc5ccccc5cc4C2=O)C32CCCCC2)C(=O)c2cc3ccccc3cc21. The number of fused-ring (bicyclic) bond motifs is 13. The fourth-order valence-corrected chi connectivity index (χ4v) is 14.7. The number of hydrogen-bond acceptors (Lipinski definition) is 4. The summed E-state index contributed by atoms with van der Waals surface area (Å²) in [7, 11) is 0. The van der Waals surface area contributed by atoms with Crippen LogP contribution in [-0.2, 0) is 16.2 Å². The van der Waals surface area contributed by atoms with E-state index in [4.69, 9.17) is 0 Å². The van der Waals surface area contributed by atoms with E-state index in [-0.39, 0.29) is 39.4 Å². The zero-order valence-electron chi connectivity index (χ0n) is 37.3. The maximum Gasteiger partial charge on any atom is 0.197 e. The van der Waals surface area contributed by atoms with Gasteiger partial charge >= 0.3 is 0 Å². The van der Waals surface area contributed by atoms with E-state index < -0.39 is 0 Å². The van der Waals surface area contributed by atoms with Crippen molar-refractivity contribution in [3.63, 3.8) is 0 Å². The number of hydrogen-bond donors (Lipinski definition) is 0. The van der Waals surface area contributed by atoms with Crippen LogP contribution in [0.15, 0.2) is 132 Å². The summed E-state index contributed by atoms with van der Waals surface area (Å²) in [6.45, 7) is 0. The molecule has 0 N–H and O–H groups in total. The van der Waals surface area contributed by atoms with Crippen LogP contribution in [-0.4, -0.2) is 23.1 Å². The molecular formula is C62H50O4. The van der Waals surface area contributed by atoms with E-state index in [2.05, 4.69) is 36.4 Å². The van der Waals surface area contributed by atoms with Crippen LogP contribution in [0.2, 0.25) is 0 Å². The molecule has 66 heavy (non-hydrogen) atoms. The first-order chi connectivity index (χ1) is 32.3. The molecule has 6 aromatic carbocycles. The van der Waals surface area contributed by atoms with Gasteiger partial charge in [0.1, 0.15) is 0 Å². The molecule has 0 aromatic heterocycles. The Morgan fingerprint density at radius 2 is 0.652 bits per heavy atom. The van der Waals surface area contributed by atoms with E-state index >= 15 is 0 Å². The smallest absolute Gasteiger partial charge is 0.197 e. The largest absolute Gasteiger partial charge is 0.288 e. The maximum atomic E-state index is 14.2. The second-order valence-electron chi connectivity index (χ2n) is 21.0. The number of rotatable bonds is 2. The first-order valence-electron chi connectivity index (χ1n) is 24.8. The van der Waals surface area contributed by atoms with E-state index in [1.807, 2.05) is 84.9 Å². The molecule has 8 aliphatic rings. The topological polar surface area (TPSA) is 68.3 Å². The van der Waals surface area contributed by atoms with Gasteiger partial charge in [0.2, 0.25) is 0 Å². The van der Waals surface area contributed by atoms with Gasteiger partial charge in [-0.2, -0.15) is 0 Å². The Morgan fingerprint density at radius 1 is 0.333 bits per heavy atom. The van der Waals surface area contributed by atoms with Crippen LogP contribution in [0.4, 0.5) is 0 Å². The summed E-state index contributed by atoms with van der Waals surface area (Å²) in [5.74, 6) is -0.630. The van der Waals surface area contributed by atoms with Gasteiger partial charge in [-0.3, -0.25) is 19.2 Å². The van der Waals surface area contributed by atoms with Gasteiger partial charge in [-0.25, -0.2) is 0 Å². The molecule has 0 bridgehead atoms. The molecule has 3 fully saturated rings. The fraction of sp³-hybridized carbons (Fsp3) is 0.290. The molecule has 8 aliphatic carbocycles. The van der Waals surface area contributed by atoms with Crippen LogP contribution < -0.4 is 0 Å². The lowest BCUT2D eigenvalue weighted by molar-refractivity contribution is 0.0973. The third-order valence-electron chi connectivity index (χ3n) is 17.9. The second kappa shape index (κ2) is 13.8. The third kappa shape index (κ3) is 5.11. The second-order valence-corrected chi connectivity index (χ2v) is 21.0. The van der Waals surface area contributed by atoms with Crippen LogP contribution in [0.1, 0.15) is 171 Å². The van der Waals surface area contributed by atoms with Crippen molar-refractivity contribution in [2.24, 2.45) is 0 Å². The number of ketones is 4. The summed E-state index contributed by atoms with van der Waals surface area (Å²) < 4.78 is 0. The monoisotopic (exact) mass is 858 g/mol. The number of benzene rings is 6. The first-order valence-corrected chi connectivity index (χ1v) is 24.8. The summed E-state index contributed by atoms with van der Waals surface area (Å²) in [6.07, 6.45) is 25.3. The molecule has 4 heteroatoms. The molecule has 0 saturated heterocycles. The van der Waals surface area contributed by atoms with Crippen molar-refractivity contribution in [3.8, 4) is 11.1 Å². The summed E-state index contributed by atoms with van der Waals surface area (Å²) in [4.78, 5) is 56.8. The summed E-state index contributed by atoms with van der Waals surface area (Å²) in [6, 6.07) is 33.7. The number of carbonyl (C=O) groups excluding carboxylic acids is 4. The third-order valence-corrected chi connectivity index (χ3v) is 17.9. The number of Topliss-reactive ketones (excluding diaryl/α,β-unsaturated/α-hetero) is 4. The zero-order chi connectivity index (χ0) is 44.1. The normalized spacial score (nSPS) is 21.3. The van der Waals surface area contributed by atoms with Crippen molar-refractivity contribution in [3.05, 3.63) is 187 Å². The van der Waals surface area contributed by atoms with Gasteiger partial charge in [-0.05, 0) is 176 Å². The minimum absolute atomic E-state index is 0.0986. The molecule has 0 amide bonds. The Bertz CT molecular complexity index is 3080. The quantitative estimate of drug-likeness (QED) is 0.128. The van der Waals surface area contributed by atoms with Crippen LogP contribution >= 0.6 is 0 Å². The summed E-state index contributed by atoms with van der Waals surface area (Å²) in [5, 5.41) is 3.90. The zero-order valence-corrected chi connectivity index (χ0v) is 37.3. The van der Waals surface area contributed by atoms with Gasteiger partial charge in [0, 0.05) is 38.5 Å². The lowest BCUT2D eigenvalue weighted by Crippen LogP contribution is -2.30. The van der Waals surface area contributed by atoms with Gasteiger partial charge in [0.25, 0.3) is 0 Å². The maximum absolute atomic E-state index is 14.2. The minimum Gasteiger partial charge on any atom is -0.288 e. The van der Waals surface area contributed by atoms with Crippen LogP contribution in [0.5, 0.6) is 0 Å². The van der Waals surface area contributed by atoms with Crippen molar-refractivity contribution < 1.29 is 19.2 Å². The highest BCUT2D eigenvalue weighted by atomic mass is 16.2. The molecule has 0 unspecified atom stereocenters. The molecular weight excluding hydrogens is 809 g/mol. The molecule has 0 aliphatic heterocycles. The molecule has 3 saturated carbocycles. The standard InChI is InChI=1S/C62H50O4/c63-56-46-26-36-14-4-5-15-37(36)27-47(46)57(64)50(56)32-42-24-40-30-54-44(34-52(40)60(42)18-8-1-9-19-60)45-35-53-41(31-55(45)62(54)22-12-3-13-23-62)25-43(61(53)20-10-2-11-21-61)33-51-58(65)48-28-38-16-6-7-17-39(38)29-49(48)59(51)66/h4-7,14-17,24-35H,1-3,8-13,18-23H2. The van der Waals surface area contributed by atoms with Gasteiger partial charge in [-0.1, -0.05) is 118 Å². The van der Waals surface area contributed by atoms with Crippen LogP contribution in [0, 0.1) is 0 Å². The lowest BCUT2D eigenvalue weighted by Gasteiger charge is -2.38. The Hall–Kier alpha value is -6.52. The summed E-state index contributed by atoms with van der Waals surface area (Å²) >= 11 is 0.